The first-order chi connectivity index (χ1) is 12.0. The zero-order valence-corrected chi connectivity index (χ0v) is 14.6. The highest BCUT2D eigenvalue weighted by atomic mass is 19.1. The molecule has 25 heavy (non-hydrogen) atoms. The molecule has 5 heteroatoms. The largest absolute Gasteiger partial charge is 0.483 e. The molecule has 0 aromatic heterocycles. The molecule has 0 spiro atoms. The zero-order chi connectivity index (χ0) is 18.2. The van der Waals surface area contributed by atoms with Gasteiger partial charge in [-0.2, -0.15) is 0 Å². The number of aliphatic hydroxyl groups excluding tert-OH is 1. The van der Waals surface area contributed by atoms with E-state index in [4.69, 9.17) is 4.74 Å². The van der Waals surface area contributed by atoms with E-state index in [1.165, 1.54) is 6.07 Å². The summed E-state index contributed by atoms with van der Waals surface area (Å²) in [6.07, 6.45) is 0.362. The number of hydrogen-bond donors (Lipinski definition) is 2. The van der Waals surface area contributed by atoms with Crippen molar-refractivity contribution in [2.75, 3.05) is 19.8 Å². The van der Waals surface area contributed by atoms with Gasteiger partial charge in [0.2, 0.25) is 0 Å². The summed E-state index contributed by atoms with van der Waals surface area (Å²) in [6, 6.07) is 12.3. The second kappa shape index (κ2) is 9.18. The fourth-order valence-corrected chi connectivity index (χ4v) is 2.49. The first-order valence-electron chi connectivity index (χ1n) is 8.30. The van der Waals surface area contributed by atoms with E-state index in [-0.39, 0.29) is 37.4 Å². The van der Waals surface area contributed by atoms with E-state index in [0.29, 0.717) is 17.7 Å². The molecule has 0 saturated carbocycles. The Bertz CT molecular complexity index is 718. The second-order valence-corrected chi connectivity index (χ2v) is 6.21. The van der Waals surface area contributed by atoms with E-state index < -0.39 is 0 Å². The quantitative estimate of drug-likeness (QED) is 0.773. The van der Waals surface area contributed by atoms with Crippen LogP contribution in [0.2, 0.25) is 0 Å². The van der Waals surface area contributed by atoms with Gasteiger partial charge >= 0.3 is 0 Å². The molecule has 1 amide bonds. The van der Waals surface area contributed by atoms with Crippen molar-refractivity contribution in [3.8, 4) is 5.75 Å². The summed E-state index contributed by atoms with van der Waals surface area (Å²) < 4.78 is 19.2. The molecule has 134 valence electrons. The van der Waals surface area contributed by atoms with Gasteiger partial charge in [-0.05, 0) is 49.1 Å². The molecular weight excluding hydrogens is 321 g/mol. The maximum atomic E-state index is 13.7. The summed E-state index contributed by atoms with van der Waals surface area (Å²) in [5.41, 5.74) is 2.56. The predicted molar refractivity (Wildman–Crippen MR) is 95.1 cm³/mol. The van der Waals surface area contributed by atoms with Crippen LogP contribution in [0.1, 0.15) is 16.7 Å². The van der Waals surface area contributed by atoms with Crippen LogP contribution in [-0.4, -0.2) is 30.8 Å². The first-order valence-corrected chi connectivity index (χ1v) is 8.30. The van der Waals surface area contributed by atoms with Gasteiger partial charge < -0.3 is 15.2 Å². The van der Waals surface area contributed by atoms with Gasteiger partial charge in [0.1, 0.15) is 11.6 Å². The number of rotatable bonds is 8. The summed E-state index contributed by atoms with van der Waals surface area (Å²) in [4.78, 5) is 12.0. The summed E-state index contributed by atoms with van der Waals surface area (Å²) in [7, 11) is 0. The Morgan fingerprint density at radius 2 is 2.00 bits per heavy atom. The van der Waals surface area contributed by atoms with Crippen molar-refractivity contribution in [1.29, 1.82) is 0 Å². The van der Waals surface area contributed by atoms with Gasteiger partial charge in [0, 0.05) is 19.1 Å². The fraction of sp³-hybridized carbons (Fsp3) is 0.350. The van der Waals surface area contributed by atoms with Gasteiger partial charge in [0.25, 0.3) is 5.91 Å². The Kier molecular flexibility index (Phi) is 6.95. The SMILES string of the molecule is Cc1ccc(C)c(OCC(=O)NC[C@@H](CO)Cc2ccccc2F)c1. The minimum absolute atomic E-state index is 0.0951. The zero-order valence-electron chi connectivity index (χ0n) is 14.6. The molecule has 0 unspecified atom stereocenters. The van der Waals surface area contributed by atoms with Crippen LogP contribution in [0, 0.1) is 25.6 Å². The summed E-state index contributed by atoms with van der Waals surface area (Å²) in [6.45, 7) is 3.91. The number of hydrogen-bond acceptors (Lipinski definition) is 3. The minimum Gasteiger partial charge on any atom is -0.483 e. The molecule has 0 saturated heterocycles. The van der Waals surface area contributed by atoms with Gasteiger partial charge in [-0.15, -0.1) is 0 Å². The number of aryl methyl sites for hydroxylation is 2. The van der Waals surface area contributed by atoms with Crippen LogP contribution >= 0.6 is 0 Å². The standard InChI is InChI=1S/C20H24FNO3/c1-14-7-8-15(2)19(9-14)25-13-20(24)22-11-16(12-23)10-17-5-3-4-6-18(17)21/h3-9,16,23H,10-13H2,1-2H3,(H,22,24)/t16-/m0/s1. The van der Waals surface area contributed by atoms with Crippen molar-refractivity contribution in [2.24, 2.45) is 5.92 Å². The third-order valence-corrected chi connectivity index (χ3v) is 4.01. The number of nitrogens with one attached hydrogen (secondary N) is 1. The number of aliphatic hydroxyl groups is 1. The molecule has 4 nitrogen and oxygen atoms in total. The fourth-order valence-electron chi connectivity index (χ4n) is 2.49. The number of ether oxygens (including phenoxy) is 1. The average Bonchev–Trinajstić information content (AvgIpc) is 2.60. The molecular formula is C20H24FNO3. The highest BCUT2D eigenvalue weighted by molar-refractivity contribution is 5.77. The molecule has 2 N–H and O–H groups in total. The molecule has 0 bridgehead atoms. The molecule has 0 radical (unpaired) electrons. The Labute approximate surface area is 147 Å². The topological polar surface area (TPSA) is 58.6 Å². The van der Waals surface area contributed by atoms with Gasteiger partial charge in [0.15, 0.2) is 6.61 Å². The van der Waals surface area contributed by atoms with Crippen molar-refractivity contribution in [1.82, 2.24) is 5.32 Å². The maximum absolute atomic E-state index is 13.7. The lowest BCUT2D eigenvalue weighted by atomic mass is 9.99. The summed E-state index contributed by atoms with van der Waals surface area (Å²) >= 11 is 0. The van der Waals surface area contributed by atoms with E-state index in [1.54, 1.807) is 18.2 Å². The van der Waals surface area contributed by atoms with E-state index in [9.17, 15) is 14.3 Å². The first kappa shape index (κ1) is 18.9. The highest BCUT2D eigenvalue weighted by Crippen LogP contribution is 2.18. The smallest absolute Gasteiger partial charge is 0.257 e. The second-order valence-electron chi connectivity index (χ2n) is 6.21. The molecule has 0 aliphatic heterocycles. The summed E-state index contributed by atoms with van der Waals surface area (Å²) in [5, 5.41) is 12.2. The number of benzene rings is 2. The van der Waals surface area contributed by atoms with Crippen LogP contribution in [0.3, 0.4) is 0 Å². The molecule has 0 aliphatic rings. The van der Waals surface area contributed by atoms with Gasteiger partial charge in [-0.1, -0.05) is 30.3 Å². The predicted octanol–water partition coefficient (Wildman–Crippen LogP) is 2.79. The molecule has 1 atom stereocenters. The number of halogens is 1. The molecule has 2 aromatic rings. The minimum atomic E-state index is -0.300. The molecule has 2 aromatic carbocycles. The number of carbonyl (C=O) groups excluding carboxylic acids is 1. The van der Waals surface area contributed by atoms with Gasteiger partial charge in [-0.25, -0.2) is 4.39 Å². The van der Waals surface area contributed by atoms with E-state index >= 15 is 0 Å². The lowest BCUT2D eigenvalue weighted by molar-refractivity contribution is -0.123. The van der Waals surface area contributed by atoms with Crippen molar-refractivity contribution >= 4 is 5.91 Å². The molecule has 0 fully saturated rings. The van der Waals surface area contributed by atoms with Crippen LogP contribution in [0.15, 0.2) is 42.5 Å². The van der Waals surface area contributed by atoms with Crippen LogP contribution in [0.4, 0.5) is 4.39 Å². The normalized spacial score (nSPS) is 11.8. The highest BCUT2D eigenvalue weighted by Gasteiger charge is 2.13. The van der Waals surface area contributed by atoms with Gasteiger partial charge in [-0.3, -0.25) is 4.79 Å². The van der Waals surface area contributed by atoms with Crippen molar-refractivity contribution < 1.29 is 19.0 Å². The van der Waals surface area contributed by atoms with Crippen LogP contribution in [0.25, 0.3) is 0 Å². The maximum Gasteiger partial charge on any atom is 0.257 e. The van der Waals surface area contributed by atoms with E-state index in [2.05, 4.69) is 5.32 Å². The Morgan fingerprint density at radius 1 is 1.24 bits per heavy atom. The Hall–Kier alpha value is -2.40. The lowest BCUT2D eigenvalue weighted by Crippen LogP contribution is -2.35. The van der Waals surface area contributed by atoms with E-state index in [1.807, 2.05) is 32.0 Å². The Morgan fingerprint density at radius 3 is 2.72 bits per heavy atom. The monoisotopic (exact) mass is 345 g/mol. The summed E-state index contributed by atoms with van der Waals surface area (Å²) in [5.74, 6) is -0.139. The van der Waals surface area contributed by atoms with Crippen molar-refractivity contribution in [2.45, 2.75) is 20.3 Å². The molecule has 0 aliphatic carbocycles. The third kappa shape index (κ3) is 5.87. The third-order valence-electron chi connectivity index (χ3n) is 4.01. The molecule has 2 rings (SSSR count). The van der Waals surface area contributed by atoms with E-state index in [0.717, 1.165) is 11.1 Å². The van der Waals surface area contributed by atoms with Crippen LogP contribution in [0.5, 0.6) is 5.75 Å². The van der Waals surface area contributed by atoms with Crippen LogP contribution in [-0.2, 0) is 11.2 Å². The Balaban J connectivity index is 1.81. The average molecular weight is 345 g/mol. The van der Waals surface area contributed by atoms with Crippen molar-refractivity contribution in [3.05, 3.63) is 65.0 Å². The molecule has 0 heterocycles. The number of amides is 1. The number of carbonyl (C=O) groups is 1. The van der Waals surface area contributed by atoms with Crippen LogP contribution < -0.4 is 10.1 Å². The van der Waals surface area contributed by atoms with Crippen molar-refractivity contribution in [3.63, 3.8) is 0 Å². The lowest BCUT2D eigenvalue weighted by Gasteiger charge is -2.16. The van der Waals surface area contributed by atoms with Gasteiger partial charge in [0.05, 0.1) is 0 Å².